The summed E-state index contributed by atoms with van der Waals surface area (Å²) >= 11 is 0. The number of aliphatic hydroxyl groups is 1. The number of rotatable bonds is 4. The lowest BCUT2D eigenvalue weighted by Crippen LogP contribution is -2.46. The molecule has 2 aliphatic rings. The molecule has 150 valence electrons. The van der Waals surface area contributed by atoms with Crippen LogP contribution in [0.3, 0.4) is 0 Å². The molecule has 1 aliphatic heterocycles. The van der Waals surface area contributed by atoms with Crippen LogP contribution >= 0.6 is 0 Å². The number of aryl methyl sites for hydroxylation is 1. The molecule has 2 aromatic rings. The molecule has 2 unspecified atom stereocenters. The molecule has 28 heavy (non-hydrogen) atoms. The van der Waals surface area contributed by atoms with E-state index >= 15 is 0 Å². The van der Waals surface area contributed by atoms with Gasteiger partial charge >= 0.3 is 0 Å². The minimum Gasteiger partial charge on any atom is -0.392 e. The van der Waals surface area contributed by atoms with Gasteiger partial charge in [-0.3, -0.25) is 4.90 Å². The predicted molar refractivity (Wildman–Crippen MR) is 112 cm³/mol. The third-order valence-corrected chi connectivity index (χ3v) is 8.03. The van der Waals surface area contributed by atoms with Gasteiger partial charge in [-0.1, -0.05) is 37.3 Å². The second-order valence-corrected chi connectivity index (χ2v) is 10.4. The molecule has 1 heterocycles. The molecule has 0 bridgehead atoms. The summed E-state index contributed by atoms with van der Waals surface area (Å²) in [6, 6.07) is 14.4. The molecule has 0 radical (unpaired) electrons. The van der Waals surface area contributed by atoms with Gasteiger partial charge in [0.05, 0.1) is 16.8 Å². The van der Waals surface area contributed by atoms with Crippen molar-refractivity contribution in [2.75, 3.05) is 18.8 Å². The summed E-state index contributed by atoms with van der Waals surface area (Å²) in [5, 5.41) is 9.97. The van der Waals surface area contributed by atoms with Crippen molar-refractivity contribution in [3.8, 4) is 11.1 Å². The Morgan fingerprint density at radius 1 is 1.04 bits per heavy atom. The van der Waals surface area contributed by atoms with Crippen molar-refractivity contribution in [1.82, 2.24) is 4.90 Å². The number of fused-ring (bicyclic) bond motifs is 1. The maximum absolute atomic E-state index is 12.0. The molecule has 0 amide bonds. The van der Waals surface area contributed by atoms with E-state index in [9.17, 15) is 13.5 Å². The number of hydrogen-bond acceptors (Lipinski definition) is 4. The van der Waals surface area contributed by atoms with Crippen molar-refractivity contribution >= 4 is 9.84 Å². The monoisotopic (exact) mass is 399 g/mol. The topological polar surface area (TPSA) is 57.6 Å². The molecule has 5 heteroatoms. The van der Waals surface area contributed by atoms with Crippen LogP contribution in [0, 0.1) is 0 Å². The van der Waals surface area contributed by atoms with E-state index < -0.39 is 9.84 Å². The van der Waals surface area contributed by atoms with E-state index in [1.54, 1.807) is 19.1 Å². The number of hydrogen-bond donors (Lipinski definition) is 1. The van der Waals surface area contributed by atoms with E-state index in [4.69, 9.17) is 0 Å². The highest BCUT2D eigenvalue weighted by Gasteiger charge is 2.28. The zero-order valence-corrected chi connectivity index (χ0v) is 17.3. The molecule has 1 N–H and O–H groups in total. The summed E-state index contributed by atoms with van der Waals surface area (Å²) in [5.74, 6) is 0.125. The summed E-state index contributed by atoms with van der Waals surface area (Å²) < 4.78 is 24.0. The van der Waals surface area contributed by atoms with Crippen LogP contribution in [-0.4, -0.2) is 49.4 Å². The van der Waals surface area contributed by atoms with Crippen LogP contribution in [0.4, 0.5) is 0 Å². The van der Waals surface area contributed by atoms with E-state index in [1.807, 2.05) is 12.1 Å². The van der Waals surface area contributed by atoms with Crippen LogP contribution in [0.5, 0.6) is 0 Å². The second kappa shape index (κ2) is 7.97. The smallest absolute Gasteiger partial charge is 0.178 e. The predicted octanol–water partition coefficient (Wildman–Crippen LogP) is 3.46. The van der Waals surface area contributed by atoms with Crippen LogP contribution in [0.15, 0.2) is 47.4 Å². The standard InChI is InChI=1S/C23H29NO3S/c1-2-28(26,27)23-11-8-17(9-12-23)18-5-6-20-15-21(10-7-19(20)14-18)24-13-3-4-22(25)16-24/h5-6,8-9,11-12,14,21-22,25H,2-4,7,10,13,15-16H2,1H3. The van der Waals surface area contributed by atoms with Gasteiger partial charge in [-0.15, -0.1) is 0 Å². The van der Waals surface area contributed by atoms with Gasteiger partial charge in [-0.2, -0.15) is 0 Å². The first-order chi connectivity index (χ1) is 13.5. The molecule has 0 spiro atoms. The Bertz CT molecular complexity index is 937. The molecule has 1 fully saturated rings. The van der Waals surface area contributed by atoms with Crippen LogP contribution in [-0.2, 0) is 22.7 Å². The Balaban J connectivity index is 1.51. The molecule has 1 saturated heterocycles. The van der Waals surface area contributed by atoms with Crippen LogP contribution in [0.2, 0.25) is 0 Å². The number of likely N-dealkylation sites (tertiary alicyclic amines) is 1. The van der Waals surface area contributed by atoms with Crippen molar-refractivity contribution in [1.29, 1.82) is 0 Å². The lowest BCUT2D eigenvalue weighted by atomic mass is 9.85. The zero-order valence-electron chi connectivity index (χ0n) is 16.5. The number of benzene rings is 2. The Hall–Kier alpha value is -1.69. The summed E-state index contributed by atoms with van der Waals surface area (Å²) in [5.41, 5.74) is 5.01. The van der Waals surface area contributed by atoms with Crippen molar-refractivity contribution in [2.45, 2.75) is 56.1 Å². The minimum atomic E-state index is -3.15. The summed E-state index contributed by atoms with van der Waals surface area (Å²) in [6.07, 6.45) is 5.10. The van der Waals surface area contributed by atoms with Gasteiger partial charge in [0, 0.05) is 12.6 Å². The molecular formula is C23H29NO3S. The van der Waals surface area contributed by atoms with Gasteiger partial charge in [-0.05, 0) is 73.0 Å². The fourth-order valence-electron chi connectivity index (χ4n) is 4.56. The second-order valence-electron chi connectivity index (χ2n) is 8.10. The number of nitrogens with zero attached hydrogens (tertiary/aromatic N) is 1. The fourth-order valence-corrected chi connectivity index (χ4v) is 5.45. The Kier molecular flexibility index (Phi) is 5.59. The Morgan fingerprint density at radius 3 is 2.50 bits per heavy atom. The van der Waals surface area contributed by atoms with E-state index in [0.29, 0.717) is 10.9 Å². The first kappa shape index (κ1) is 19.6. The quantitative estimate of drug-likeness (QED) is 0.855. The largest absolute Gasteiger partial charge is 0.392 e. The Morgan fingerprint density at radius 2 is 1.79 bits per heavy atom. The highest BCUT2D eigenvalue weighted by Crippen LogP contribution is 2.31. The van der Waals surface area contributed by atoms with Crippen LogP contribution < -0.4 is 0 Å². The van der Waals surface area contributed by atoms with Gasteiger partial charge in [-0.25, -0.2) is 8.42 Å². The van der Waals surface area contributed by atoms with E-state index in [1.165, 1.54) is 11.1 Å². The number of sulfone groups is 1. The molecule has 0 aromatic heterocycles. The van der Waals surface area contributed by atoms with Gasteiger partial charge < -0.3 is 5.11 Å². The number of β-amino-alcohol motifs (C(OH)–C–C–N with tert-alkyl or cyclic N) is 1. The SMILES string of the molecule is CCS(=O)(=O)c1ccc(-c2ccc3c(c2)CCC(N2CCCC(O)C2)C3)cc1. The van der Waals surface area contributed by atoms with E-state index in [-0.39, 0.29) is 11.9 Å². The third-order valence-electron chi connectivity index (χ3n) is 6.28. The lowest BCUT2D eigenvalue weighted by Gasteiger charge is -2.39. The zero-order chi connectivity index (χ0) is 19.7. The molecule has 1 aliphatic carbocycles. The number of piperidine rings is 1. The molecule has 0 saturated carbocycles. The van der Waals surface area contributed by atoms with Gasteiger partial charge in [0.25, 0.3) is 0 Å². The number of aliphatic hydroxyl groups excluding tert-OH is 1. The molecule has 2 aromatic carbocycles. The summed E-state index contributed by atoms with van der Waals surface area (Å²) in [7, 11) is -3.15. The normalized spacial score (nSPS) is 23.4. The van der Waals surface area contributed by atoms with E-state index in [0.717, 1.165) is 56.3 Å². The highest BCUT2D eigenvalue weighted by molar-refractivity contribution is 7.91. The van der Waals surface area contributed by atoms with Crippen molar-refractivity contribution in [3.05, 3.63) is 53.6 Å². The molecule has 4 nitrogen and oxygen atoms in total. The minimum absolute atomic E-state index is 0.125. The maximum atomic E-state index is 12.0. The summed E-state index contributed by atoms with van der Waals surface area (Å²) in [6.45, 7) is 3.58. The average molecular weight is 400 g/mol. The molecule has 2 atom stereocenters. The summed E-state index contributed by atoms with van der Waals surface area (Å²) in [4.78, 5) is 2.86. The van der Waals surface area contributed by atoms with E-state index in [2.05, 4.69) is 23.1 Å². The van der Waals surface area contributed by atoms with Gasteiger partial charge in [0.1, 0.15) is 0 Å². The average Bonchev–Trinajstić information content (AvgIpc) is 2.73. The highest BCUT2D eigenvalue weighted by atomic mass is 32.2. The fraction of sp³-hybridized carbons (Fsp3) is 0.478. The maximum Gasteiger partial charge on any atom is 0.178 e. The molecular weight excluding hydrogens is 370 g/mol. The van der Waals surface area contributed by atoms with Crippen LogP contribution in [0.1, 0.15) is 37.3 Å². The van der Waals surface area contributed by atoms with Crippen molar-refractivity contribution in [3.63, 3.8) is 0 Å². The van der Waals surface area contributed by atoms with Crippen LogP contribution in [0.25, 0.3) is 11.1 Å². The van der Waals surface area contributed by atoms with Gasteiger partial charge in [0.2, 0.25) is 0 Å². The first-order valence-corrected chi connectivity index (χ1v) is 12.0. The van der Waals surface area contributed by atoms with Gasteiger partial charge in [0.15, 0.2) is 9.84 Å². The van der Waals surface area contributed by atoms with Crippen molar-refractivity contribution in [2.24, 2.45) is 0 Å². The Labute approximate surface area is 168 Å². The van der Waals surface area contributed by atoms with Crippen molar-refractivity contribution < 1.29 is 13.5 Å². The first-order valence-electron chi connectivity index (χ1n) is 10.3. The lowest BCUT2D eigenvalue weighted by molar-refractivity contribution is 0.0427. The molecule has 4 rings (SSSR count). The third kappa shape index (κ3) is 4.02.